The van der Waals surface area contributed by atoms with Crippen LogP contribution in [0.15, 0.2) is 40.3 Å². The van der Waals surface area contributed by atoms with Gasteiger partial charge in [0.2, 0.25) is 0 Å². The van der Waals surface area contributed by atoms with E-state index in [9.17, 15) is 14.9 Å². The van der Waals surface area contributed by atoms with Crippen molar-refractivity contribution in [2.45, 2.75) is 0 Å². The van der Waals surface area contributed by atoms with Gasteiger partial charge in [-0.3, -0.25) is 14.9 Å². The van der Waals surface area contributed by atoms with Gasteiger partial charge in [0.05, 0.1) is 9.83 Å². The van der Waals surface area contributed by atoms with Crippen molar-refractivity contribution in [2.24, 2.45) is 0 Å². The molecule has 0 radical (unpaired) electrons. The number of carbonyl (C=O) groups excluding carboxylic acids is 1. The topological polar surface area (TPSA) is 72.2 Å². The number of hydrogen-bond acceptors (Lipinski definition) is 5. The number of rotatable bonds is 3. The molecule has 0 unspecified atom stereocenters. The number of allylic oxidation sites excluding steroid dienone is 2. The standard InChI is InChI=1S/C12H7ClN2O3S2/c13-8(6-10-11(16)14-12(19)20-10)5-7-1-3-9(4-2-7)15(17)18/h1-6H,(H,14,16,19)/b8-5-,10-6-. The lowest BCUT2D eigenvalue weighted by Crippen LogP contribution is -2.17. The van der Waals surface area contributed by atoms with Crippen molar-refractivity contribution in [1.82, 2.24) is 5.32 Å². The van der Waals surface area contributed by atoms with Gasteiger partial charge >= 0.3 is 0 Å². The Labute approximate surface area is 128 Å². The number of benzene rings is 1. The summed E-state index contributed by atoms with van der Waals surface area (Å²) in [5, 5.41) is 13.3. The highest BCUT2D eigenvalue weighted by molar-refractivity contribution is 8.26. The Hall–Kier alpha value is -1.70. The first-order chi connectivity index (χ1) is 9.45. The van der Waals surface area contributed by atoms with E-state index in [4.69, 9.17) is 23.8 Å². The van der Waals surface area contributed by atoms with Gasteiger partial charge in [-0.25, -0.2) is 0 Å². The third-order valence-electron chi connectivity index (χ3n) is 2.32. The molecular weight excluding hydrogens is 320 g/mol. The predicted octanol–water partition coefficient (Wildman–Crippen LogP) is 3.21. The Morgan fingerprint density at radius 3 is 2.55 bits per heavy atom. The number of thiocarbonyl (C=S) groups is 1. The minimum Gasteiger partial charge on any atom is -0.307 e. The zero-order valence-electron chi connectivity index (χ0n) is 9.83. The van der Waals surface area contributed by atoms with Crippen LogP contribution in [-0.4, -0.2) is 15.2 Å². The van der Waals surface area contributed by atoms with Crippen LogP contribution in [0.4, 0.5) is 5.69 Å². The fourth-order valence-corrected chi connectivity index (χ4v) is 2.77. The largest absolute Gasteiger partial charge is 0.307 e. The number of carbonyl (C=O) groups is 1. The van der Waals surface area contributed by atoms with Crippen LogP contribution in [0, 0.1) is 10.1 Å². The van der Waals surface area contributed by atoms with Gasteiger partial charge in [-0.2, -0.15) is 0 Å². The number of halogens is 1. The summed E-state index contributed by atoms with van der Waals surface area (Å²) in [7, 11) is 0. The van der Waals surface area contributed by atoms with Gasteiger partial charge in [0.15, 0.2) is 0 Å². The van der Waals surface area contributed by atoms with Gasteiger partial charge in [-0.1, -0.05) is 35.6 Å². The molecule has 0 aromatic heterocycles. The Morgan fingerprint density at radius 2 is 2.05 bits per heavy atom. The van der Waals surface area contributed by atoms with Crippen LogP contribution in [-0.2, 0) is 4.79 Å². The zero-order chi connectivity index (χ0) is 14.7. The molecule has 20 heavy (non-hydrogen) atoms. The molecule has 1 fully saturated rings. The molecule has 1 aliphatic heterocycles. The van der Waals surface area contributed by atoms with Crippen LogP contribution in [0.5, 0.6) is 0 Å². The molecule has 1 aromatic rings. The van der Waals surface area contributed by atoms with Crippen molar-refractivity contribution in [2.75, 3.05) is 0 Å². The average Bonchev–Trinajstić information content (AvgIpc) is 2.68. The first kappa shape index (κ1) is 14.7. The maximum absolute atomic E-state index is 11.4. The van der Waals surface area contributed by atoms with Crippen molar-refractivity contribution < 1.29 is 9.72 Å². The molecule has 0 saturated carbocycles. The molecule has 5 nitrogen and oxygen atoms in total. The Balaban J connectivity index is 2.18. The molecule has 0 bridgehead atoms. The van der Waals surface area contributed by atoms with E-state index in [-0.39, 0.29) is 11.6 Å². The number of nitrogens with zero attached hydrogens (tertiary/aromatic N) is 1. The van der Waals surface area contributed by atoms with Crippen molar-refractivity contribution >= 4 is 57.6 Å². The summed E-state index contributed by atoms with van der Waals surface area (Å²) in [4.78, 5) is 21.9. The van der Waals surface area contributed by atoms with Crippen LogP contribution < -0.4 is 5.32 Å². The fraction of sp³-hybridized carbons (Fsp3) is 0. The number of nitro benzene ring substituents is 1. The molecular formula is C12H7ClN2O3S2. The van der Waals surface area contributed by atoms with Crippen molar-refractivity contribution in [1.29, 1.82) is 0 Å². The van der Waals surface area contributed by atoms with Crippen molar-refractivity contribution in [3.63, 3.8) is 0 Å². The van der Waals surface area contributed by atoms with Crippen LogP contribution in [0.3, 0.4) is 0 Å². The van der Waals surface area contributed by atoms with E-state index in [1.54, 1.807) is 18.2 Å². The van der Waals surface area contributed by atoms with Crippen molar-refractivity contribution in [3.05, 3.63) is 56.0 Å². The van der Waals surface area contributed by atoms with E-state index in [0.717, 1.165) is 11.8 Å². The highest BCUT2D eigenvalue weighted by atomic mass is 35.5. The molecule has 1 saturated heterocycles. The predicted molar refractivity (Wildman–Crippen MR) is 83.3 cm³/mol. The quantitative estimate of drug-likeness (QED) is 0.399. The lowest BCUT2D eigenvalue weighted by Gasteiger charge is -1.96. The maximum atomic E-state index is 11.4. The van der Waals surface area contributed by atoms with E-state index < -0.39 is 4.92 Å². The summed E-state index contributed by atoms with van der Waals surface area (Å²) in [5.74, 6) is -0.282. The fourth-order valence-electron chi connectivity index (χ4n) is 1.44. The third kappa shape index (κ3) is 3.66. The third-order valence-corrected chi connectivity index (χ3v) is 3.70. The van der Waals surface area contributed by atoms with Gasteiger partial charge in [-0.05, 0) is 29.8 Å². The van der Waals surface area contributed by atoms with Crippen LogP contribution in [0.2, 0.25) is 0 Å². The normalized spacial score (nSPS) is 17.4. The Bertz CT molecular complexity index is 653. The van der Waals surface area contributed by atoms with E-state index >= 15 is 0 Å². The molecule has 2 rings (SSSR count). The summed E-state index contributed by atoms with van der Waals surface area (Å²) in [5.41, 5.74) is 0.705. The van der Waals surface area contributed by atoms with Crippen LogP contribution in [0.1, 0.15) is 5.56 Å². The SMILES string of the molecule is O=C1NC(=S)S/C1=C\C(Cl)=C\c1ccc([N+](=O)[O-])cc1. The number of nitrogens with one attached hydrogen (secondary N) is 1. The molecule has 102 valence electrons. The van der Waals surface area contributed by atoms with Gasteiger partial charge < -0.3 is 5.32 Å². The molecule has 1 heterocycles. The lowest BCUT2D eigenvalue weighted by molar-refractivity contribution is -0.384. The second-order valence-corrected chi connectivity index (χ2v) is 5.89. The van der Waals surface area contributed by atoms with E-state index in [0.29, 0.717) is 19.8 Å². The number of hydrogen-bond donors (Lipinski definition) is 1. The second-order valence-electron chi connectivity index (χ2n) is 3.73. The first-order valence-electron chi connectivity index (χ1n) is 5.32. The van der Waals surface area contributed by atoms with Gasteiger partial charge in [-0.15, -0.1) is 0 Å². The smallest absolute Gasteiger partial charge is 0.269 e. The molecule has 1 aromatic carbocycles. The number of non-ortho nitro benzene ring substituents is 1. The first-order valence-corrected chi connectivity index (χ1v) is 6.92. The average molecular weight is 327 g/mol. The van der Waals surface area contributed by atoms with Gasteiger partial charge in [0, 0.05) is 17.2 Å². The van der Waals surface area contributed by atoms with Crippen LogP contribution >= 0.6 is 35.6 Å². The summed E-state index contributed by atoms with van der Waals surface area (Å²) in [6.07, 6.45) is 3.11. The van der Waals surface area contributed by atoms with E-state index in [1.165, 1.54) is 18.2 Å². The minimum atomic E-state index is -0.475. The zero-order valence-corrected chi connectivity index (χ0v) is 12.2. The molecule has 0 spiro atoms. The van der Waals surface area contributed by atoms with E-state index in [2.05, 4.69) is 5.32 Å². The molecule has 0 atom stereocenters. The molecule has 8 heteroatoms. The molecule has 0 aliphatic carbocycles. The molecule has 1 N–H and O–H groups in total. The highest BCUT2D eigenvalue weighted by Gasteiger charge is 2.21. The van der Waals surface area contributed by atoms with Crippen LogP contribution in [0.25, 0.3) is 6.08 Å². The monoisotopic (exact) mass is 326 g/mol. The maximum Gasteiger partial charge on any atom is 0.269 e. The number of thioether (sulfide) groups is 1. The number of amides is 1. The highest BCUT2D eigenvalue weighted by Crippen LogP contribution is 2.26. The summed E-state index contributed by atoms with van der Waals surface area (Å²) in [6, 6.07) is 5.92. The van der Waals surface area contributed by atoms with E-state index in [1.807, 2.05) is 0 Å². The lowest BCUT2D eigenvalue weighted by atomic mass is 10.2. The van der Waals surface area contributed by atoms with Gasteiger partial charge in [0.1, 0.15) is 4.32 Å². The number of nitro groups is 1. The minimum absolute atomic E-state index is 0.00713. The second kappa shape index (κ2) is 6.17. The Kier molecular flexibility index (Phi) is 4.53. The summed E-state index contributed by atoms with van der Waals surface area (Å²) >= 11 is 12.0. The molecule has 1 amide bonds. The Morgan fingerprint density at radius 1 is 1.40 bits per heavy atom. The summed E-state index contributed by atoms with van der Waals surface area (Å²) in [6.45, 7) is 0. The van der Waals surface area contributed by atoms with Gasteiger partial charge in [0.25, 0.3) is 11.6 Å². The molecule has 1 aliphatic rings. The summed E-state index contributed by atoms with van der Waals surface area (Å²) < 4.78 is 0.390. The van der Waals surface area contributed by atoms with Crippen molar-refractivity contribution in [3.8, 4) is 0 Å².